The van der Waals surface area contributed by atoms with E-state index in [4.69, 9.17) is 30.5 Å². The van der Waals surface area contributed by atoms with E-state index in [0.29, 0.717) is 29.2 Å². The molecule has 0 bridgehead atoms. The summed E-state index contributed by atoms with van der Waals surface area (Å²) in [6.07, 6.45) is 2.90. The first-order valence-electron chi connectivity index (χ1n) is 10.4. The first-order valence-corrected chi connectivity index (χ1v) is 10.9. The Kier molecular flexibility index (Phi) is 7.37. The molecule has 0 saturated carbocycles. The molecule has 6 heteroatoms. The third-order valence-corrected chi connectivity index (χ3v) is 6.58. The molecule has 0 radical (unpaired) electrons. The van der Waals surface area contributed by atoms with Crippen LogP contribution in [0.5, 0.6) is 23.0 Å². The van der Waals surface area contributed by atoms with Crippen molar-refractivity contribution in [3.05, 3.63) is 47.0 Å². The molecule has 0 N–H and O–H groups in total. The molecule has 1 heterocycles. The molecule has 2 aromatic carbocycles. The lowest BCUT2D eigenvalue weighted by Gasteiger charge is -2.46. The van der Waals surface area contributed by atoms with Crippen LogP contribution in [0.15, 0.2) is 30.3 Å². The zero-order valence-corrected chi connectivity index (χ0v) is 19.4. The molecule has 0 saturated heterocycles. The number of alkyl halides is 1. The average Bonchev–Trinajstić information content (AvgIpc) is 2.78. The highest BCUT2D eigenvalue weighted by molar-refractivity contribution is 6.17. The number of nitrogens with zero attached hydrogens (tertiary/aromatic N) is 1. The highest BCUT2D eigenvalue weighted by atomic mass is 35.5. The minimum Gasteiger partial charge on any atom is -0.497 e. The monoisotopic (exact) mass is 434 g/mol. The quantitative estimate of drug-likeness (QED) is 0.425. The minimum absolute atomic E-state index is 0.311. The van der Waals surface area contributed by atoms with Gasteiger partial charge in [-0.25, -0.2) is 0 Å². The summed E-state index contributed by atoms with van der Waals surface area (Å²) < 4.78 is 23.1. The van der Waals surface area contributed by atoms with Gasteiger partial charge in [-0.15, -0.1) is 11.6 Å². The van der Waals surface area contributed by atoms with Crippen molar-refractivity contribution in [1.29, 1.82) is 0 Å². The molecule has 3 rings (SSSR count). The smallest absolute Gasteiger partial charge is 0.203 e. The molecule has 1 aliphatic heterocycles. The standard InChI is InChI=1S/C24H33ClNO4/c1-26(11-6-10-25)12-9-18-16-19(27-2)7-8-20(18)21(26)13-17-14-22(28-3)24(30-5)23(15-17)29-4/h7-8,14-16,21H,6,9-13H2,1-5H3/q+1/t21-,26?/m1/s1. The maximum atomic E-state index is 6.07. The van der Waals surface area contributed by atoms with E-state index in [9.17, 15) is 0 Å². The summed E-state index contributed by atoms with van der Waals surface area (Å²) in [4.78, 5) is 0. The van der Waals surface area contributed by atoms with Gasteiger partial charge in [-0.1, -0.05) is 0 Å². The zero-order valence-electron chi connectivity index (χ0n) is 18.7. The molecule has 0 aliphatic carbocycles. The predicted molar refractivity (Wildman–Crippen MR) is 120 cm³/mol. The Morgan fingerprint density at radius 2 is 1.67 bits per heavy atom. The van der Waals surface area contributed by atoms with Gasteiger partial charge in [0.05, 0.1) is 48.6 Å². The topological polar surface area (TPSA) is 36.9 Å². The number of hydrogen-bond donors (Lipinski definition) is 0. The fourth-order valence-electron chi connectivity index (χ4n) is 4.61. The van der Waals surface area contributed by atoms with E-state index in [1.165, 1.54) is 11.1 Å². The average molecular weight is 435 g/mol. The normalized spacial score (nSPS) is 20.4. The molecule has 1 unspecified atom stereocenters. The largest absolute Gasteiger partial charge is 0.497 e. The lowest BCUT2D eigenvalue weighted by atomic mass is 9.86. The summed E-state index contributed by atoms with van der Waals surface area (Å²) in [5.41, 5.74) is 3.91. The van der Waals surface area contributed by atoms with E-state index < -0.39 is 0 Å². The van der Waals surface area contributed by atoms with E-state index in [1.807, 2.05) is 0 Å². The van der Waals surface area contributed by atoms with Crippen LogP contribution in [0, 0.1) is 0 Å². The van der Waals surface area contributed by atoms with Crippen LogP contribution in [0.2, 0.25) is 0 Å². The van der Waals surface area contributed by atoms with E-state index >= 15 is 0 Å². The fraction of sp³-hybridized carbons (Fsp3) is 0.500. The van der Waals surface area contributed by atoms with Crippen molar-refractivity contribution in [3.8, 4) is 23.0 Å². The number of fused-ring (bicyclic) bond motifs is 1. The van der Waals surface area contributed by atoms with Crippen molar-refractivity contribution in [1.82, 2.24) is 0 Å². The van der Waals surface area contributed by atoms with Gasteiger partial charge in [-0.2, -0.15) is 0 Å². The van der Waals surface area contributed by atoms with Crippen molar-refractivity contribution in [3.63, 3.8) is 0 Å². The van der Waals surface area contributed by atoms with Crippen LogP contribution >= 0.6 is 11.6 Å². The van der Waals surface area contributed by atoms with Gasteiger partial charge < -0.3 is 23.4 Å². The van der Waals surface area contributed by atoms with Crippen molar-refractivity contribution in [2.45, 2.75) is 25.3 Å². The number of hydrogen-bond acceptors (Lipinski definition) is 4. The second-order valence-corrected chi connectivity index (χ2v) is 8.42. The summed E-state index contributed by atoms with van der Waals surface area (Å²) in [7, 11) is 9.01. The number of benzene rings is 2. The van der Waals surface area contributed by atoms with Crippen molar-refractivity contribution >= 4 is 11.6 Å². The van der Waals surface area contributed by atoms with Crippen LogP contribution in [-0.4, -0.2) is 58.9 Å². The minimum atomic E-state index is 0.311. The maximum absolute atomic E-state index is 6.07. The Bertz CT molecular complexity index is 847. The van der Waals surface area contributed by atoms with Gasteiger partial charge in [-0.05, 0) is 41.5 Å². The van der Waals surface area contributed by atoms with E-state index in [1.54, 1.807) is 28.4 Å². The van der Waals surface area contributed by atoms with Crippen molar-refractivity contribution in [2.75, 3.05) is 54.5 Å². The van der Waals surface area contributed by atoms with Gasteiger partial charge in [-0.3, -0.25) is 0 Å². The van der Waals surface area contributed by atoms with Gasteiger partial charge in [0.25, 0.3) is 0 Å². The SMILES string of the molecule is COc1ccc2c(c1)CC[N+](C)(CCCCl)[C@@H]2Cc1cc(OC)c(OC)c(OC)c1. The molecule has 1 aliphatic rings. The van der Waals surface area contributed by atoms with E-state index in [2.05, 4.69) is 37.4 Å². The number of likely N-dealkylation sites (N-methyl/N-ethyl adjacent to an activating group) is 1. The number of quaternary nitrogens is 1. The summed E-state index contributed by atoms with van der Waals surface area (Å²) in [5.74, 6) is 3.59. The second-order valence-electron chi connectivity index (χ2n) is 8.04. The van der Waals surface area contributed by atoms with Crippen LogP contribution in [-0.2, 0) is 12.8 Å². The maximum Gasteiger partial charge on any atom is 0.203 e. The highest BCUT2D eigenvalue weighted by Gasteiger charge is 2.39. The first-order chi connectivity index (χ1) is 14.5. The van der Waals surface area contributed by atoms with Gasteiger partial charge in [0.1, 0.15) is 11.8 Å². The van der Waals surface area contributed by atoms with Gasteiger partial charge in [0.15, 0.2) is 11.5 Å². The molecule has 0 fully saturated rings. The molecule has 30 heavy (non-hydrogen) atoms. The number of methoxy groups -OCH3 is 4. The Morgan fingerprint density at radius 3 is 2.23 bits per heavy atom. The Labute approximate surface area is 185 Å². The Balaban J connectivity index is 2.04. The Morgan fingerprint density at radius 1 is 0.967 bits per heavy atom. The fourth-order valence-corrected chi connectivity index (χ4v) is 4.73. The van der Waals surface area contributed by atoms with Crippen LogP contribution in [0.4, 0.5) is 0 Å². The zero-order chi connectivity index (χ0) is 21.7. The molecule has 164 valence electrons. The molecule has 0 amide bonds. The van der Waals surface area contributed by atoms with Crippen LogP contribution in [0.25, 0.3) is 0 Å². The summed E-state index contributed by atoms with van der Waals surface area (Å²) in [6, 6.07) is 10.9. The lowest BCUT2D eigenvalue weighted by molar-refractivity contribution is -0.941. The van der Waals surface area contributed by atoms with Crippen LogP contribution in [0.1, 0.15) is 29.2 Å². The van der Waals surface area contributed by atoms with Crippen molar-refractivity contribution < 1.29 is 23.4 Å². The van der Waals surface area contributed by atoms with E-state index in [-0.39, 0.29) is 0 Å². The third-order valence-electron chi connectivity index (χ3n) is 6.31. The van der Waals surface area contributed by atoms with Gasteiger partial charge in [0.2, 0.25) is 5.75 Å². The number of halogens is 1. The van der Waals surface area contributed by atoms with Crippen LogP contribution < -0.4 is 18.9 Å². The van der Waals surface area contributed by atoms with Gasteiger partial charge in [0, 0.05) is 30.7 Å². The first kappa shape index (κ1) is 22.6. The number of ether oxygens (including phenoxy) is 4. The number of rotatable bonds is 9. The molecule has 0 aromatic heterocycles. The molecular weight excluding hydrogens is 402 g/mol. The van der Waals surface area contributed by atoms with Crippen molar-refractivity contribution in [2.24, 2.45) is 0 Å². The molecule has 5 nitrogen and oxygen atoms in total. The lowest BCUT2D eigenvalue weighted by Crippen LogP contribution is -2.52. The summed E-state index contributed by atoms with van der Waals surface area (Å²) in [5, 5.41) is 0. The van der Waals surface area contributed by atoms with Crippen LogP contribution in [0.3, 0.4) is 0 Å². The predicted octanol–water partition coefficient (Wildman–Crippen LogP) is 4.64. The summed E-state index contributed by atoms with van der Waals surface area (Å²) >= 11 is 6.07. The third kappa shape index (κ3) is 4.47. The highest BCUT2D eigenvalue weighted by Crippen LogP contribution is 2.43. The molecule has 0 spiro atoms. The van der Waals surface area contributed by atoms with E-state index in [0.717, 1.165) is 48.1 Å². The second kappa shape index (κ2) is 9.80. The van der Waals surface area contributed by atoms with Gasteiger partial charge >= 0.3 is 0 Å². The molecular formula is C24H33ClNO4+. The molecule has 2 atom stereocenters. The summed E-state index contributed by atoms with van der Waals surface area (Å²) in [6.45, 7) is 2.12. The molecule has 2 aromatic rings. The Hall–Kier alpha value is -2.11.